The number of rotatable bonds is 3. The summed E-state index contributed by atoms with van der Waals surface area (Å²) in [4.78, 5) is 11.7. The zero-order chi connectivity index (χ0) is 14.0. The van der Waals surface area contributed by atoms with Gasteiger partial charge in [0, 0.05) is 6.61 Å². The fourth-order valence-electron chi connectivity index (χ4n) is 1.97. The smallest absolute Gasteiger partial charge is 0.428 e. The van der Waals surface area contributed by atoms with Crippen LogP contribution in [-0.2, 0) is 9.47 Å². The third kappa shape index (κ3) is 3.09. The largest absolute Gasteiger partial charge is 0.469 e. The van der Waals surface area contributed by atoms with Crippen LogP contribution in [-0.4, -0.2) is 31.0 Å². The van der Waals surface area contributed by atoms with Crippen molar-refractivity contribution in [3.63, 3.8) is 0 Å². The molecule has 1 fully saturated rings. The van der Waals surface area contributed by atoms with Gasteiger partial charge in [0.1, 0.15) is 17.4 Å². The first-order chi connectivity index (χ1) is 8.89. The van der Waals surface area contributed by atoms with Crippen LogP contribution in [0, 0.1) is 6.92 Å². The van der Waals surface area contributed by atoms with Gasteiger partial charge in [0.2, 0.25) is 6.10 Å². The minimum Gasteiger partial charge on any atom is -0.469 e. The van der Waals surface area contributed by atoms with Crippen LogP contribution in [0.1, 0.15) is 29.0 Å². The van der Waals surface area contributed by atoms with Crippen molar-refractivity contribution in [2.75, 3.05) is 6.61 Å². The molecule has 1 aliphatic rings. The highest BCUT2D eigenvalue weighted by Crippen LogP contribution is 2.32. The van der Waals surface area contributed by atoms with Crippen LogP contribution >= 0.6 is 0 Å². The number of furan rings is 1. The van der Waals surface area contributed by atoms with Gasteiger partial charge in [0.15, 0.2) is 0 Å². The van der Waals surface area contributed by atoms with Crippen molar-refractivity contribution in [3.8, 4) is 0 Å². The van der Waals surface area contributed by atoms with Gasteiger partial charge in [0.05, 0.1) is 6.26 Å². The lowest BCUT2D eigenvalue weighted by Gasteiger charge is -2.25. The maximum Gasteiger partial charge on any atom is 0.428 e. The first-order valence-corrected chi connectivity index (χ1v) is 5.83. The van der Waals surface area contributed by atoms with Crippen LogP contribution in [0.25, 0.3) is 0 Å². The predicted molar refractivity (Wildman–Crippen MR) is 57.7 cm³/mol. The Morgan fingerprint density at radius 3 is 2.74 bits per heavy atom. The van der Waals surface area contributed by atoms with Gasteiger partial charge in [0.25, 0.3) is 0 Å². The topological polar surface area (TPSA) is 48.7 Å². The van der Waals surface area contributed by atoms with E-state index in [-0.39, 0.29) is 24.4 Å². The van der Waals surface area contributed by atoms with Crippen LogP contribution in [0.15, 0.2) is 16.7 Å². The molecule has 1 aromatic rings. The van der Waals surface area contributed by atoms with E-state index in [1.54, 1.807) is 0 Å². The Balaban J connectivity index is 2.12. The van der Waals surface area contributed by atoms with Gasteiger partial charge >= 0.3 is 12.1 Å². The van der Waals surface area contributed by atoms with Crippen molar-refractivity contribution in [2.45, 2.75) is 38.1 Å². The van der Waals surface area contributed by atoms with Gasteiger partial charge in [-0.15, -0.1) is 0 Å². The third-order valence-electron chi connectivity index (χ3n) is 2.94. The molecule has 106 valence electrons. The molecule has 1 aromatic heterocycles. The van der Waals surface area contributed by atoms with E-state index in [1.807, 2.05) is 0 Å². The number of halogens is 3. The molecule has 2 heterocycles. The number of alkyl halides is 3. The van der Waals surface area contributed by atoms with Crippen LogP contribution < -0.4 is 0 Å². The standard InChI is InChI=1S/C12H13F3O4/c1-7-8(4-6-17-7)11(16)19-10(12(13,14)15)9-3-2-5-18-9/h4,6,9-10H,2-3,5H2,1H3/t9-,10-/m1/s1. The average Bonchev–Trinajstić information content (AvgIpc) is 2.94. The molecule has 19 heavy (non-hydrogen) atoms. The number of hydrogen-bond acceptors (Lipinski definition) is 4. The third-order valence-corrected chi connectivity index (χ3v) is 2.94. The average molecular weight is 278 g/mol. The Bertz CT molecular complexity index is 446. The van der Waals surface area contributed by atoms with Gasteiger partial charge in [-0.2, -0.15) is 13.2 Å². The van der Waals surface area contributed by atoms with Crippen LogP contribution in [0.3, 0.4) is 0 Å². The first kappa shape index (κ1) is 13.9. The molecule has 2 rings (SSSR count). The lowest BCUT2D eigenvalue weighted by Crippen LogP contribution is -2.43. The van der Waals surface area contributed by atoms with Gasteiger partial charge in [-0.25, -0.2) is 4.79 Å². The predicted octanol–water partition coefficient (Wildman–Crippen LogP) is 2.85. The first-order valence-electron chi connectivity index (χ1n) is 5.83. The summed E-state index contributed by atoms with van der Waals surface area (Å²) >= 11 is 0. The summed E-state index contributed by atoms with van der Waals surface area (Å²) in [5.41, 5.74) is -0.00718. The second-order valence-electron chi connectivity index (χ2n) is 4.31. The van der Waals surface area contributed by atoms with Crippen molar-refractivity contribution < 1.29 is 31.9 Å². The van der Waals surface area contributed by atoms with Gasteiger partial charge in [-0.3, -0.25) is 0 Å². The molecule has 0 aromatic carbocycles. The minimum absolute atomic E-state index is 0.00718. The molecule has 7 heteroatoms. The fourth-order valence-corrected chi connectivity index (χ4v) is 1.97. The summed E-state index contributed by atoms with van der Waals surface area (Å²) in [5, 5.41) is 0. The number of esters is 1. The summed E-state index contributed by atoms with van der Waals surface area (Å²) in [5.74, 6) is -0.831. The Labute approximate surface area is 107 Å². The maximum absolute atomic E-state index is 12.9. The SMILES string of the molecule is Cc1occc1C(=O)O[C@H]([C@H]1CCCO1)C(F)(F)F. The molecule has 2 atom stereocenters. The lowest BCUT2D eigenvalue weighted by atomic mass is 10.1. The van der Waals surface area contributed by atoms with Crippen molar-refractivity contribution in [1.82, 2.24) is 0 Å². The molecular weight excluding hydrogens is 265 g/mol. The molecule has 1 aliphatic heterocycles. The molecule has 4 nitrogen and oxygen atoms in total. The second kappa shape index (κ2) is 5.24. The van der Waals surface area contributed by atoms with Crippen molar-refractivity contribution in [2.24, 2.45) is 0 Å². The summed E-state index contributed by atoms with van der Waals surface area (Å²) in [6, 6.07) is 1.28. The molecule has 0 N–H and O–H groups in total. The Kier molecular flexibility index (Phi) is 3.84. The molecule has 0 bridgehead atoms. The molecule has 1 saturated heterocycles. The molecule has 0 unspecified atom stereocenters. The number of hydrogen-bond donors (Lipinski definition) is 0. The van der Waals surface area contributed by atoms with Crippen LogP contribution in [0.4, 0.5) is 13.2 Å². The Hall–Kier alpha value is -1.50. The van der Waals surface area contributed by atoms with E-state index in [0.717, 1.165) is 0 Å². The zero-order valence-electron chi connectivity index (χ0n) is 10.2. The summed E-state index contributed by atoms with van der Waals surface area (Å²) in [6.07, 6.45) is -6.04. The number of ether oxygens (including phenoxy) is 2. The van der Waals surface area contributed by atoms with Gasteiger partial charge in [-0.1, -0.05) is 0 Å². The molecule has 0 aliphatic carbocycles. The van der Waals surface area contributed by atoms with E-state index >= 15 is 0 Å². The summed E-state index contributed by atoms with van der Waals surface area (Å²) in [6.45, 7) is 1.73. The number of carbonyl (C=O) groups excluding carboxylic acids is 1. The zero-order valence-corrected chi connectivity index (χ0v) is 10.2. The molecule has 0 radical (unpaired) electrons. The molecule has 0 amide bonds. The Morgan fingerprint density at radius 1 is 1.53 bits per heavy atom. The molecular formula is C12H13F3O4. The second-order valence-corrected chi connectivity index (χ2v) is 4.31. The van der Waals surface area contributed by atoms with Crippen LogP contribution in [0.2, 0.25) is 0 Å². The van der Waals surface area contributed by atoms with E-state index in [0.29, 0.717) is 6.42 Å². The van der Waals surface area contributed by atoms with Crippen molar-refractivity contribution in [1.29, 1.82) is 0 Å². The molecule has 0 saturated carbocycles. The highest BCUT2D eigenvalue weighted by atomic mass is 19.4. The van der Waals surface area contributed by atoms with Gasteiger partial charge in [-0.05, 0) is 25.8 Å². The van der Waals surface area contributed by atoms with Crippen LogP contribution in [0.5, 0.6) is 0 Å². The van der Waals surface area contributed by atoms with E-state index in [9.17, 15) is 18.0 Å². The highest BCUT2D eigenvalue weighted by Gasteiger charge is 2.49. The fraction of sp³-hybridized carbons (Fsp3) is 0.583. The quantitative estimate of drug-likeness (QED) is 0.798. The Morgan fingerprint density at radius 2 is 2.26 bits per heavy atom. The lowest BCUT2D eigenvalue weighted by molar-refractivity contribution is -0.230. The van der Waals surface area contributed by atoms with Gasteiger partial charge < -0.3 is 13.9 Å². The monoisotopic (exact) mass is 278 g/mol. The van der Waals surface area contributed by atoms with E-state index in [4.69, 9.17) is 9.15 Å². The van der Waals surface area contributed by atoms with E-state index in [1.165, 1.54) is 19.3 Å². The maximum atomic E-state index is 12.9. The van der Waals surface area contributed by atoms with Crippen molar-refractivity contribution >= 4 is 5.97 Å². The summed E-state index contributed by atoms with van der Waals surface area (Å²) < 4.78 is 53.1. The van der Waals surface area contributed by atoms with E-state index < -0.39 is 24.4 Å². The number of aryl methyl sites for hydroxylation is 1. The normalized spacial score (nSPS) is 21.4. The molecule has 0 spiro atoms. The minimum atomic E-state index is -4.65. The number of carbonyl (C=O) groups is 1. The summed E-state index contributed by atoms with van der Waals surface area (Å²) in [7, 11) is 0. The van der Waals surface area contributed by atoms with E-state index in [2.05, 4.69) is 4.74 Å². The van der Waals surface area contributed by atoms with Crippen molar-refractivity contribution in [3.05, 3.63) is 23.7 Å². The highest BCUT2D eigenvalue weighted by molar-refractivity contribution is 5.90.